The number of carbonyl (C=O) groups excluding carboxylic acids is 2. The van der Waals surface area contributed by atoms with Gasteiger partial charge in [0.2, 0.25) is 0 Å². The number of ether oxygens (including phenoxy) is 2. The topological polar surface area (TPSA) is 77.1 Å². The van der Waals surface area contributed by atoms with Crippen molar-refractivity contribution in [2.75, 3.05) is 13.2 Å². The summed E-state index contributed by atoms with van der Waals surface area (Å²) in [5.74, 6) is 0. The lowest BCUT2D eigenvalue weighted by molar-refractivity contribution is 0.0237. The van der Waals surface area contributed by atoms with Gasteiger partial charge in [-0.1, -0.05) is 32.9 Å². The first-order chi connectivity index (χ1) is 12.7. The smallest absolute Gasteiger partial charge is 0.410 e. The van der Waals surface area contributed by atoms with Crippen LogP contribution in [0.2, 0.25) is 18.1 Å². The van der Waals surface area contributed by atoms with Gasteiger partial charge in [-0.2, -0.15) is 0 Å². The molecule has 160 valence electrons. The van der Waals surface area contributed by atoms with Crippen molar-refractivity contribution in [3.8, 4) is 0 Å². The van der Waals surface area contributed by atoms with Crippen LogP contribution < -0.4 is 5.32 Å². The lowest BCUT2D eigenvalue weighted by Crippen LogP contribution is -2.45. The highest BCUT2D eigenvalue weighted by atomic mass is 28.4. The number of rotatable bonds is 4. The number of nitrogens with one attached hydrogen (secondary N) is 1. The summed E-state index contributed by atoms with van der Waals surface area (Å²) in [4.78, 5) is 25.7. The molecule has 8 heteroatoms. The van der Waals surface area contributed by atoms with Crippen molar-refractivity contribution >= 4 is 20.5 Å². The molecule has 1 N–H and O–H groups in total. The minimum atomic E-state index is -1.95. The molecule has 0 aromatic rings. The molecule has 28 heavy (non-hydrogen) atoms. The van der Waals surface area contributed by atoms with Crippen molar-refractivity contribution in [3.63, 3.8) is 0 Å². The lowest BCUT2D eigenvalue weighted by atomic mass is 10.1. The molecule has 3 atom stereocenters. The van der Waals surface area contributed by atoms with Gasteiger partial charge in [-0.15, -0.1) is 0 Å². The highest BCUT2D eigenvalue weighted by Crippen LogP contribution is 2.39. The van der Waals surface area contributed by atoms with E-state index in [2.05, 4.69) is 39.2 Å². The van der Waals surface area contributed by atoms with Gasteiger partial charge in [-0.3, -0.25) is 4.90 Å². The zero-order chi connectivity index (χ0) is 21.3. The summed E-state index contributed by atoms with van der Waals surface area (Å²) in [6.07, 6.45) is 3.78. The molecule has 0 saturated carbocycles. The molecule has 2 rings (SSSR count). The van der Waals surface area contributed by atoms with E-state index >= 15 is 0 Å². The summed E-state index contributed by atoms with van der Waals surface area (Å²) in [6, 6.07) is -0.310. The normalized spacial score (nSPS) is 26.5. The number of hydrogen-bond acceptors (Lipinski definition) is 5. The molecular formula is C20H36N2O5Si. The highest BCUT2D eigenvalue weighted by molar-refractivity contribution is 6.74. The number of likely N-dealkylation sites (tertiary alicyclic amines) is 1. The third-order valence-corrected chi connectivity index (χ3v) is 10.00. The third-order valence-electron chi connectivity index (χ3n) is 5.46. The van der Waals surface area contributed by atoms with Crippen LogP contribution in [0.15, 0.2) is 12.2 Å². The second kappa shape index (κ2) is 8.06. The van der Waals surface area contributed by atoms with Crippen molar-refractivity contribution in [3.05, 3.63) is 12.2 Å². The van der Waals surface area contributed by atoms with Gasteiger partial charge in [-0.05, 0) is 45.3 Å². The minimum absolute atomic E-state index is 0.0301. The third kappa shape index (κ3) is 5.98. The second-order valence-corrected chi connectivity index (χ2v) is 14.9. The van der Waals surface area contributed by atoms with Crippen LogP contribution >= 0.6 is 0 Å². The summed E-state index contributed by atoms with van der Waals surface area (Å²) in [5.41, 5.74) is -0.559. The van der Waals surface area contributed by atoms with Crippen LogP contribution in [0.3, 0.4) is 0 Å². The molecule has 0 spiro atoms. The molecule has 0 bridgehead atoms. The van der Waals surface area contributed by atoms with Crippen molar-refractivity contribution in [1.29, 1.82) is 0 Å². The first-order valence-electron chi connectivity index (χ1n) is 9.97. The number of cyclic esters (lactones) is 1. The molecule has 0 aromatic carbocycles. The fourth-order valence-corrected chi connectivity index (χ4v) is 4.34. The van der Waals surface area contributed by atoms with Crippen LogP contribution in [-0.2, 0) is 13.9 Å². The Bertz CT molecular complexity index is 621. The summed E-state index contributed by atoms with van der Waals surface area (Å²) < 4.78 is 17.1. The minimum Gasteiger partial charge on any atom is -0.447 e. The van der Waals surface area contributed by atoms with Gasteiger partial charge in [-0.25, -0.2) is 9.59 Å². The molecule has 2 fully saturated rings. The molecule has 0 unspecified atom stereocenters. The van der Waals surface area contributed by atoms with Gasteiger partial charge in [0.05, 0.1) is 18.2 Å². The number of carbonyl (C=O) groups is 2. The second-order valence-electron chi connectivity index (χ2n) is 10.2. The van der Waals surface area contributed by atoms with Crippen LogP contribution in [0.1, 0.15) is 48.0 Å². The van der Waals surface area contributed by atoms with Gasteiger partial charge < -0.3 is 19.2 Å². The number of amides is 2. The van der Waals surface area contributed by atoms with E-state index in [1.54, 1.807) is 4.90 Å². The first kappa shape index (κ1) is 22.7. The van der Waals surface area contributed by atoms with Crippen LogP contribution in [0.5, 0.6) is 0 Å². The van der Waals surface area contributed by atoms with E-state index in [4.69, 9.17) is 13.9 Å². The lowest BCUT2D eigenvalue weighted by Gasteiger charge is -2.38. The number of nitrogens with zero attached hydrogens (tertiary/aromatic N) is 1. The zero-order valence-corrected chi connectivity index (χ0v) is 19.5. The Morgan fingerprint density at radius 2 is 1.86 bits per heavy atom. The van der Waals surface area contributed by atoms with Crippen LogP contribution in [-0.4, -0.2) is 62.3 Å². The maximum Gasteiger partial charge on any atom is 0.410 e. The molecule has 2 saturated heterocycles. The van der Waals surface area contributed by atoms with Crippen molar-refractivity contribution in [2.45, 2.75) is 89.9 Å². The fourth-order valence-electron chi connectivity index (χ4n) is 2.98. The summed E-state index contributed by atoms with van der Waals surface area (Å²) in [6.45, 7) is 17.5. The molecule has 0 aromatic heterocycles. The zero-order valence-electron chi connectivity index (χ0n) is 18.5. The van der Waals surface area contributed by atoms with Gasteiger partial charge >= 0.3 is 12.2 Å². The van der Waals surface area contributed by atoms with Crippen LogP contribution in [0.4, 0.5) is 9.59 Å². The average Bonchev–Trinajstić information content (AvgIpc) is 3.08. The monoisotopic (exact) mass is 412 g/mol. The van der Waals surface area contributed by atoms with Crippen molar-refractivity contribution in [2.24, 2.45) is 0 Å². The Labute approximate surface area is 169 Å². The fraction of sp³-hybridized carbons (Fsp3) is 0.800. The van der Waals surface area contributed by atoms with Crippen LogP contribution in [0, 0.1) is 0 Å². The molecule has 2 aliphatic rings. The molecule has 2 aliphatic heterocycles. The molecule has 0 radical (unpaired) electrons. The Morgan fingerprint density at radius 3 is 2.36 bits per heavy atom. The SMILES string of the molecule is CC(C)(C)OC(=O)N1C[C@H](O[Si](C)(C)C(C)(C)C)C[C@H]1/C=C\[C@H]1COC(=O)N1. The molecule has 7 nitrogen and oxygen atoms in total. The van der Waals surface area contributed by atoms with E-state index in [9.17, 15) is 9.59 Å². The average molecular weight is 413 g/mol. The molecule has 2 heterocycles. The van der Waals surface area contributed by atoms with Crippen molar-refractivity contribution < 1.29 is 23.5 Å². The van der Waals surface area contributed by atoms with E-state index in [0.29, 0.717) is 19.6 Å². The maximum atomic E-state index is 12.8. The first-order valence-corrected chi connectivity index (χ1v) is 12.9. The summed E-state index contributed by atoms with van der Waals surface area (Å²) in [5, 5.41) is 2.82. The maximum absolute atomic E-state index is 12.8. The predicted octanol–water partition coefficient (Wildman–Crippen LogP) is 4.05. The van der Waals surface area contributed by atoms with E-state index in [1.807, 2.05) is 32.9 Å². The molecule has 2 amide bonds. The molecule has 0 aliphatic carbocycles. The van der Waals surface area contributed by atoms with Gasteiger partial charge in [0.15, 0.2) is 8.32 Å². The van der Waals surface area contributed by atoms with E-state index in [0.717, 1.165) is 0 Å². The Balaban J connectivity index is 2.12. The van der Waals surface area contributed by atoms with E-state index in [-0.39, 0.29) is 29.3 Å². The predicted molar refractivity (Wildman–Crippen MR) is 111 cm³/mol. The van der Waals surface area contributed by atoms with Crippen LogP contribution in [0.25, 0.3) is 0 Å². The molecular weight excluding hydrogens is 376 g/mol. The quantitative estimate of drug-likeness (QED) is 0.557. The van der Waals surface area contributed by atoms with Gasteiger partial charge in [0.25, 0.3) is 0 Å². The van der Waals surface area contributed by atoms with Crippen molar-refractivity contribution in [1.82, 2.24) is 10.2 Å². The largest absolute Gasteiger partial charge is 0.447 e. The highest BCUT2D eigenvalue weighted by Gasteiger charge is 2.44. The Morgan fingerprint density at radius 1 is 1.21 bits per heavy atom. The van der Waals surface area contributed by atoms with E-state index in [1.165, 1.54) is 0 Å². The standard InChI is InChI=1S/C20H36N2O5Si/c1-19(2,3)26-18(24)22-12-16(27-28(7,8)20(4,5)6)11-15(22)10-9-14-13-25-17(23)21-14/h9-10,14-16H,11-13H2,1-8H3,(H,21,23)/b10-9-/t14-,15+,16+/m0/s1. The van der Waals surface area contributed by atoms with Gasteiger partial charge in [0.1, 0.15) is 12.2 Å². The van der Waals surface area contributed by atoms with E-state index < -0.39 is 20.0 Å². The Hall–Kier alpha value is -1.54. The Kier molecular flexibility index (Phi) is 6.55. The van der Waals surface area contributed by atoms with Gasteiger partial charge in [0, 0.05) is 6.54 Å². The summed E-state index contributed by atoms with van der Waals surface area (Å²) >= 11 is 0. The summed E-state index contributed by atoms with van der Waals surface area (Å²) in [7, 11) is -1.95. The number of alkyl carbamates (subject to hydrolysis) is 1. The number of hydrogen-bond donors (Lipinski definition) is 1.